The first kappa shape index (κ1) is 41.3. The van der Waals surface area contributed by atoms with Gasteiger partial charge in [0.2, 0.25) is 11.8 Å². The van der Waals surface area contributed by atoms with Gasteiger partial charge in [0.1, 0.15) is 29.6 Å². The van der Waals surface area contributed by atoms with Crippen LogP contribution in [0.1, 0.15) is 84.1 Å². The fourth-order valence-electron chi connectivity index (χ4n) is 10.2. The number of imide groups is 2. The van der Waals surface area contributed by atoms with Gasteiger partial charge in [-0.3, -0.25) is 39.1 Å². The van der Waals surface area contributed by atoms with Gasteiger partial charge in [0.15, 0.2) is 0 Å². The summed E-state index contributed by atoms with van der Waals surface area (Å²) in [6, 6.07) is 19.0. The molecule has 4 heterocycles. The Labute approximate surface area is 354 Å². The second kappa shape index (κ2) is 15.5. The van der Waals surface area contributed by atoms with Crippen LogP contribution >= 0.6 is 11.6 Å². The molecule has 4 aliphatic heterocycles. The average Bonchev–Trinajstić information content (AvgIpc) is 3.45. The summed E-state index contributed by atoms with van der Waals surface area (Å²) in [7, 11) is 0. The largest absolute Gasteiger partial charge is 0.489 e. The van der Waals surface area contributed by atoms with Crippen molar-refractivity contribution in [2.75, 3.05) is 62.2 Å². The molecule has 2 N–H and O–H groups in total. The van der Waals surface area contributed by atoms with Crippen LogP contribution in [0, 0.1) is 22.2 Å². The Hall–Kier alpha value is -5.49. The molecule has 3 saturated heterocycles. The van der Waals surface area contributed by atoms with Crippen LogP contribution in [0.15, 0.2) is 60.7 Å². The summed E-state index contributed by atoms with van der Waals surface area (Å²) in [5.74, 6) is -1.62. The summed E-state index contributed by atoms with van der Waals surface area (Å²) in [5.41, 5.74) is 2.23. The van der Waals surface area contributed by atoms with Crippen molar-refractivity contribution >= 4 is 52.5 Å². The molecule has 15 heteroatoms. The Bertz CT molecular complexity index is 2280. The van der Waals surface area contributed by atoms with Gasteiger partial charge in [-0.05, 0) is 67.9 Å². The minimum atomic E-state index is -1.00. The van der Waals surface area contributed by atoms with Crippen molar-refractivity contribution in [1.29, 1.82) is 5.26 Å². The molecule has 1 aliphatic carbocycles. The molecular weight excluding hydrogens is 786 g/mol. The zero-order valence-corrected chi connectivity index (χ0v) is 35.3. The number of fused-ring (bicyclic) bond motifs is 1. The molecule has 14 nitrogen and oxygen atoms in total. The van der Waals surface area contributed by atoms with Gasteiger partial charge >= 0.3 is 0 Å². The van der Waals surface area contributed by atoms with Gasteiger partial charge in [-0.1, -0.05) is 39.3 Å². The van der Waals surface area contributed by atoms with Crippen molar-refractivity contribution in [3.63, 3.8) is 0 Å². The highest BCUT2D eigenvalue weighted by Crippen LogP contribution is 2.55. The van der Waals surface area contributed by atoms with E-state index < -0.39 is 35.3 Å². The van der Waals surface area contributed by atoms with E-state index in [-0.39, 0.29) is 52.9 Å². The lowest BCUT2D eigenvalue weighted by atomic mass is 9.49. The number of benzene rings is 3. The van der Waals surface area contributed by atoms with Gasteiger partial charge in [0.25, 0.3) is 17.7 Å². The minimum absolute atomic E-state index is 0.0723. The SMILES string of the molecule is CCOC1(CN2CCN(c3ccc(C(=O)N[C@H]4C(C)(C)[C@H](Oc5ccc(C#N)c(Cl)c5)C4(C)C)cc3)CC2)CN(c2ccc3c(c2)C(=O)N(C2CCC(=O)NC2=O)C3=O)C1. The van der Waals surface area contributed by atoms with Crippen LogP contribution in [0.4, 0.5) is 11.4 Å². The lowest BCUT2D eigenvalue weighted by Gasteiger charge is -2.63. The molecule has 1 saturated carbocycles. The summed E-state index contributed by atoms with van der Waals surface area (Å²) in [4.78, 5) is 72.2. The lowest BCUT2D eigenvalue weighted by molar-refractivity contribution is -0.164. The van der Waals surface area contributed by atoms with Crippen LogP contribution in [0.3, 0.4) is 0 Å². The Morgan fingerprint density at radius 2 is 1.55 bits per heavy atom. The van der Waals surface area contributed by atoms with Crippen molar-refractivity contribution in [2.24, 2.45) is 10.8 Å². The molecule has 5 amide bonds. The van der Waals surface area contributed by atoms with E-state index in [1.807, 2.05) is 37.3 Å². The number of piperidine rings is 1. The van der Waals surface area contributed by atoms with Gasteiger partial charge in [-0.2, -0.15) is 5.26 Å². The third-order valence-corrected chi connectivity index (χ3v) is 13.3. The van der Waals surface area contributed by atoms with Gasteiger partial charge in [-0.15, -0.1) is 0 Å². The highest BCUT2D eigenvalue weighted by Gasteiger charge is 2.64. The molecule has 8 rings (SSSR count). The van der Waals surface area contributed by atoms with E-state index in [0.717, 1.165) is 49.0 Å². The zero-order chi connectivity index (χ0) is 42.7. The van der Waals surface area contributed by atoms with Crippen molar-refractivity contribution in [3.8, 4) is 11.8 Å². The third-order valence-electron chi connectivity index (χ3n) is 13.0. The fraction of sp³-hybridized carbons (Fsp3) is 0.467. The van der Waals surface area contributed by atoms with Crippen LogP contribution in [0.2, 0.25) is 5.02 Å². The van der Waals surface area contributed by atoms with E-state index in [0.29, 0.717) is 41.6 Å². The van der Waals surface area contributed by atoms with E-state index in [1.54, 1.807) is 30.3 Å². The molecule has 60 heavy (non-hydrogen) atoms. The minimum Gasteiger partial charge on any atom is -0.489 e. The molecule has 0 aromatic heterocycles. The van der Waals surface area contributed by atoms with Crippen molar-refractivity contribution in [2.45, 2.75) is 71.2 Å². The molecule has 0 bridgehead atoms. The number of piperazine rings is 1. The average molecular weight is 836 g/mol. The normalized spacial score (nSPS) is 24.2. The number of anilines is 2. The Morgan fingerprint density at radius 3 is 2.18 bits per heavy atom. The standard InChI is InChI=1S/C45H50ClN7O7/c1-6-59-45(25-52(26-45)30-12-14-32-33(21-30)40(58)53(39(32)57)35-15-16-36(54)48-38(35)56)24-50-17-19-51(20-18-50)29-10-7-27(8-11-29)37(55)49-41-43(2,3)42(44(41,4)5)60-31-13-9-28(23-47)34(46)22-31/h7-14,21-22,35,41-42H,6,15-20,24-26H2,1-5H3,(H,49,55)(H,48,54,56)/t35?,41-,42-. The number of hydrogen-bond acceptors (Lipinski definition) is 11. The number of amides is 5. The first-order valence-electron chi connectivity index (χ1n) is 20.5. The summed E-state index contributed by atoms with van der Waals surface area (Å²) in [6.45, 7) is 16.2. The monoisotopic (exact) mass is 835 g/mol. The van der Waals surface area contributed by atoms with Crippen LogP contribution in [-0.2, 0) is 14.3 Å². The second-order valence-electron chi connectivity index (χ2n) is 17.8. The highest BCUT2D eigenvalue weighted by molar-refractivity contribution is 6.31. The molecule has 0 radical (unpaired) electrons. The number of rotatable bonds is 11. The number of halogens is 1. The van der Waals surface area contributed by atoms with E-state index in [2.05, 4.69) is 59.1 Å². The summed E-state index contributed by atoms with van der Waals surface area (Å²) >= 11 is 6.26. The molecular formula is C45H50ClN7O7. The van der Waals surface area contributed by atoms with Gasteiger partial charge in [0.05, 0.1) is 34.8 Å². The Morgan fingerprint density at radius 1 is 0.883 bits per heavy atom. The maximum Gasteiger partial charge on any atom is 0.262 e. The van der Waals surface area contributed by atoms with Crippen LogP contribution in [0.5, 0.6) is 5.75 Å². The summed E-state index contributed by atoms with van der Waals surface area (Å²) in [6.07, 6.45) is -0.0101. The predicted molar refractivity (Wildman–Crippen MR) is 224 cm³/mol. The molecule has 1 unspecified atom stereocenters. The Balaban J connectivity index is 0.832. The number of carbonyl (C=O) groups excluding carboxylic acids is 5. The van der Waals surface area contributed by atoms with E-state index in [9.17, 15) is 29.2 Å². The molecule has 0 spiro atoms. The molecule has 5 aliphatic rings. The smallest absolute Gasteiger partial charge is 0.262 e. The zero-order valence-electron chi connectivity index (χ0n) is 34.5. The number of nitrogens with zero attached hydrogens (tertiary/aromatic N) is 5. The summed E-state index contributed by atoms with van der Waals surface area (Å²) < 4.78 is 12.8. The lowest BCUT2D eigenvalue weighted by Crippen LogP contribution is -2.74. The number of ether oxygens (including phenoxy) is 2. The maximum absolute atomic E-state index is 13.5. The fourth-order valence-corrected chi connectivity index (χ4v) is 10.4. The van der Waals surface area contributed by atoms with E-state index >= 15 is 0 Å². The number of carbonyl (C=O) groups is 5. The van der Waals surface area contributed by atoms with E-state index in [1.165, 1.54) is 0 Å². The van der Waals surface area contributed by atoms with Crippen LogP contribution in [-0.4, -0.2) is 116 Å². The second-order valence-corrected chi connectivity index (χ2v) is 18.2. The van der Waals surface area contributed by atoms with Gasteiger partial charge in [-0.25, -0.2) is 0 Å². The number of nitrogens with one attached hydrogen (secondary N) is 2. The third kappa shape index (κ3) is 7.26. The topological polar surface area (TPSA) is 165 Å². The highest BCUT2D eigenvalue weighted by atomic mass is 35.5. The maximum atomic E-state index is 13.5. The number of hydrogen-bond donors (Lipinski definition) is 2. The first-order valence-corrected chi connectivity index (χ1v) is 20.9. The summed E-state index contributed by atoms with van der Waals surface area (Å²) in [5, 5.41) is 15.1. The van der Waals surface area contributed by atoms with Gasteiger partial charge in [0, 0.05) is 85.6 Å². The molecule has 4 fully saturated rings. The van der Waals surface area contributed by atoms with Crippen molar-refractivity contribution < 1.29 is 33.4 Å². The van der Waals surface area contributed by atoms with Crippen molar-refractivity contribution in [1.82, 2.24) is 20.4 Å². The molecule has 1 atom stereocenters. The number of nitriles is 1. The molecule has 3 aromatic carbocycles. The van der Waals surface area contributed by atoms with Gasteiger partial charge < -0.3 is 24.6 Å². The van der Waals surface area contributed by atoms with Crippen LogP contribution < -0.4 is 25.2 Å². The first-order chi connectivity index (χ1) is 28.5. The van der Waals surface area contributed by atoms with Crippen LogP contribution in [0.25, 0.3) is 0 Å². The quantitative estimate of drug-likeness (QED) is 0.259. The van der Waals surface area contributed by atoms with E-state index in [4.69, 9.17) is 21.1 Å². The molecule has 3 aromatic rings. The van der Waals surface area contributed by atoms with Crippen molar-refractivity contribution in [3.05, 3.63) is 87.9 Å². The Kier molecular flexibility index (Phi) is 10.7. The molecule has 314 valence electrons. The predicted octanol–water partition coefficient (Wildman–Crippen LogP) is 4.64.